The van der Waals surface area contributed by atoms with E-state index in [-0.39, 0.29) is 37.2 Å². The lowest BCUT2D eigenvalue weighted by Gasteiger charge is -1.86. The number of carbonyl (C=O) groups excluding carboxylic acids is 1. The van der Waals surface area contributed by atoms with Crippen LogP contribution in [0, 0.1) is 0 Å². The van der Waals surface area contributed by atoms with Crippen LogP contribution in [-0.2, 0) is 0 Å². The van der Waals surface area contributed by atoms with E-state index in [2.05, 4.69) is 4.98 Å². The number of fused-ring (bicyclic) bond motifs is 1. The summed E-state index contributed by atoms with van der Waals surface area (Å²) in [6.45, 7) is 0. The lowest BCUT2D eigenvalue weighted by Crippen LogP contribution is -2.10. The van der Waals surface area contributed by atoms with Gasteiger partial charge in [-0.15, -0.1) is 37.2 Å². The summed E-state index contributed by atoms with van der Waals surface area (Å²) in [6.07, 6.45) is 3.42. The number of halogens is 3. The molecule has 0 aromatic carbocycles. The number of carbonyl (C=O) groups is 1. The highest BCUT2D eigenvalue weighted by molar-refractivity contribution is 5.91. The SMILES string of the molecule is Cl.Cl.Cl.NC(=O)c1cn2ccccc2n1. The average molecular weight is 271 g/mol. The van der Waals surface area contributed by atoms with Crippen LogP contribution in [0.25, 0.3) is 5.65 Å². The molecule has 2 heterocycles. The summed E-state index contributed by atoms with van der Waals surface area (Å²) in [6, 6.07) is 5.53. The molecule has 2 aromatic heterocycles. The van der Waals surface area contributed by atoms with Crippen LogP contribution in [0.2, 0.25) is 0 Å². The summed E-state index contributed by atoms with van der Waals surface area (Å²) < 4.78 is 1.75. The van der Waals surface area contributed by atoms with Crippen molar-refractivity contribution >= 4 is 48.8 Å². The first-order chi connectivity index (χ1) is 5.77. The van der Waals surface area contributed by atoms with E-state index in [1.807, 2.05) is 24.4 Å². The van der Waals surface area contributed by atoms with E-state index in [1.54, 1.807) is 10.6 Å². The van der Waals surface area contributed by atoms with Gasteiger partial charge in [-0.05, 0) is 12.1 Å². The number of amides is 1. The summed E-state index contributed by atoms with van der Waals surface area (Å²) in [5, 5.41) is 0. The highest BCUT2D eigenvalue weighted by Crippen LogP contribution is 2.02. The zero-order valence-corrected chi connectivity index (χ0v) is 9.94. The van der Waals surface area contributed by atoms with E-state index < -0.39 is 5.91 Å². The van der Waals surface area contributed by atoms with Crippen LogP contribution in [0.5, 0.6) is 0 Å². The molecule has 1 amide bonds. The molecule has 2 aromatic rings. The maximum atomic E-state index is 10.7. The van der Waals surface area contributed by atoms with Crippen molar-refractivity contribution in [3.05, 3.63) is 36.3 Å². The number of pyridine rings is 1. The van der Waals surface area contributed by atoms with Crippen LogP contribution >= 0.6 is 37.2 Å². The maximum absolute atomic E-state index is 10.7. The van der Waals surface area contributed by atoms with Crippen LogP contribution in [0.3, 0.4) is 0 Å². The number of nitrogens with two attached hydrogens (primary N) is 1. The molecule has 0 aliphatic heterocycles. The van der Waals surface area contributed by atoms with Gasteiger partial charge >= 0.3 is 0 Å². The Morgan fingerprint density at radius 2 is 1.93 bits per heavy atom. The van der Waals surface area contributed by atoms with Crippen molar-refractivity contribution in [2.45, 2.75) is 0 Å². The topological polar surface area (TPSA) is 60.4 Å². The molecule has 0 aliphatic rings. The minimum Gasteiger partial charge on any atom is -0.364 e. The van der Waals surface area contributed by atoms with Crippen LogP contribution in [0.4, 0.5) is 0 Å². The van der Waals surface area contributed by atoms with Gasteiger partial charge in [-0.25, -0.2) is 4.98 Å². The van der Waals surface area contributed by atoms with E-state index in [0.29, 0.717) is 5.69 Å². The van der Waals surface area contributed by atoms with Gasteiger partial charge < -0.3 is 10.1 Å². The molecular formula is C8H10Cl3N3O. The first kappa shape index (κ1) is 16.5. The molecule has 0 aliphatic carbocycles. The maximum Gasteiger partial charge on any atom is 0.268 e. The largest absolute Gasteiger partial charge is 0.364 e. The Bertz CT molecular complexity index is 410. The van der Waals surface area contributed by atoms with Gasteiger partial charge in [0.05, 0.1) is 0 Å². The van der Waals surface area contributed by atoms with E-state index in [4.69, 9.17) is 5.73 Å². The number of hydrogen-bond acceptors (Lipinski definition) is 2. The fraction of sp³-hybridized carbons (Fsp3) is 0. The fourth-order valence-electron chi connectivity index (χ4n) is 1.05. The minimum absolute atomic E-state index is 0. The molecule has 2 rings (SSSR count). The van der Waals surface area contributed by atoms with Gasteiger partial charge in [-0.2, -0.15) is 0 Å². The number of nitrogens with zero attached hydrogens (tertiary/aromatic N) is 2. The summed E-state index contributed by atoms with van der Waals surface area (Å²) in [5.41, 5.74) is 6.08. The fourth-order valence-corrected chi connectivity index (χ4v) is 1.05. The molecule has 7 heteroatoms. The Morgan fingerprint density at radius 1 is 1.27 bits per heavy atom. The third-order valence-corrected chi connectivity index (χ3v) is 1.62. The zero-order valence-electron chi connectivity index (χ0n) is 7.49. The smallest absolute Gasteiger partial charge is 0.268 e. The second-order valence-electron chi connectivity index (χ2n) is 2.46. The number of rotatable bonds is 1. The third-order valence-electron chi connectivity index (χ3n) is 1.62. The van der Waals surface area contributed by atoms with Crippen molar-refractivity contribution in [1.29, 1.82) is 0 Å². The molecule has 0 unspecified atom stereocenters. The average Bonchev–Trinajstić information content (AvgIpc) is 2.46. The summed E-state index contributed by atoms with van der Waals surface area (Å²) in [5.74, 6) is -0.501. The number of hydrogen-bond donors (Lipinski definition) is 1. The van der Waals surface area contributed by atoms with E-state index in [9.17, 15) is 4.79 Å². The Morgan fingerprint density at radius 3 is 2.47 bits per heavy atom. The molecule has 0 radical (unpaired) electrons. The normalized spacial score (nSPS) is 8.27. The van der Waals surface area contributed by atoms with Crippen molar-refractivity contribution in [3.8, 4) is 0 Å². The summed E-state index contributed by atoms with van der Waals surface area (Å²) in [4.78, 5) is 14.7. The van der Waals surface area contributed by atoms with Crippen molar-refractivity contribution in [1.82, 2.24) is 9.38 Å². The van der Waals surface area contributed by atoms with E-state index in [0.717, 1.165) is 5.65 Å². The minimum atomic E-state index is -0.501. The van der Waals surface area contributed by atoms with E-state index in [1.165, 1.54) is 0 Å². The molecule has 15 heavy (non-hydrogen) atoms. The lowest BCUT2D eigenvalue weighted by molar-refractivity contribution is 0.0996. The van der Waals surface area contributed by atoms with Crippen molar-refractivity contribution in [3.63, 3.8) is 0 Å². The number of aromatic nitrogens is 2. The Kier molecular flexibility index (Phi) is 7.13. The Balaban J connectivity index is 0. The Labute approximate surface area is 105 Å². The van der Waals surface area contributed by atoms with Gasteiger partial charge in [-0.3, -0.25) is 4.79 Å². The monoisotopic (exact) mass is 269 g/mol. The van der Waals surface area contributed by atoms with Crippen molar-refractivity contribution < 1.29 is 4.79 Å². The third kappa shape index (κ3) is 3.27. The van der Waals surface area contributed by atoms with E-state index >= 15 is 0 Å². The van der Waals surface area contributed by atoms with Crippen LogP contribution in [-0.4, -0.2) is 15.3 Å². The first-order valence-electron chi connectivity index (χ1n) is 3.51. The molecule has 2 N–H and O–H groups in total. The summed E-state index contributed by atoms with van der Waals surface area (Å²) >= 11 is 0. The Hall–Kier alpha value is -0.970. The number of primary amides is 1. The van der Waals surface area contributed by atoms with Crippen LogP contribution in [0.1, 0.15) is 10.5 Å². The molecule has 0 atom stereocenters. The molecule has 0 fully saturated rings. The second-order valence-corrected chi connectivity index (χ2v) is 2.46. The molecule has 4 nitrogen and oxygen atoms in total. The second kappa shape index (κ2) is 6.50. The van der Waals surface area contributed by atoms with Gasteiger partial charge in [0.15, 0.2) is 0 Å². The van der Waals surface area contributed by atoms with Crippen molar-refractivity contribution in [2.75, 3.05) is 0 Å². The lowest BCUT2D eigenvalue weighted by atomic mass is 10.5. The molecule has 0 bridgehead atoms. The van der Waals surface area contributed by atoms with Gasteiger partial charge in [0.2, 0.25) is 0 Å². The van der Waals surface area contributed by atoms with Crippen molar-refractivity contribution in [2.24, 2.45) is 5.73 Å². The highest BCUT2D eigenvalue weighted by atomic mass is 35.5. The molecule has 0 saturated heterocycles. The number of imidazole rings is 1. The highest BCUT2D eigenvalue weighted by Gasteiger charge is 2.04. The molecule has 0 saturated carbocycles. The van der Waals surface area contributed by atoms with Gasteiger partial charge in [0.25, 0.3) is 5.91 Å². The predicted octanol–water partition coefficient (Wildman–Crippen LogP) is 1.70. The van der Waals surface area contributed by atoms with Gasteiger partial charge in [0.1, 0.15) is 11.3 Å². The zero-order chi connectivity index (χ0) is 8.55. The quantitative estimate of drug-likeness (QED) is 0.857. The predicted molar refractivity (Wildman–Crippen MR) is 65.5 cm³/mol. The van der Waals surface area contributed by atoms with Gasteiger partial charge in [-0.1, -0.05) is 6.07 Å². The van der Waals surface area contributed by atoms with Gasteiger partial charge in [0, 0.05) is 12.4 Å². The standard InChI is InChI=1S/C8H7N3O.3ClH/c9-8(12)6-5-11-4-2-1-3-7(11)10-6;;;/h1-5H,(H2,9,12);3*1H. The molecule has 0 spiro atoms. The molecular weight excluding hydrogens is 260 g/mol. The van der Waals surface area contributed by atoms with Crippen LogP contribution in [0.15, 0.2) is 30.6 Å². The first-order valence-corrected chi connectivity index (χ1v) is 3.51. The van der Waals surface area contributed by atoms with Crippen LogP contribution < -0.4 is 5.73 Å². The summed E-state index contributed by atoms with van der Waals surface area (Å²) in [7, 11) is 0. The molecule has 84 valence electrons.